The van der Waals surface area contributed by atoms with Gasteiger partial charge in [-0.1, -0.05) is 6.42 Å². The summed E-state index contributed by atoms with van der Waals surface area (Å²) in [5.41, 5.74) is 7.65. The molecule has 1 aliphatic carbocycles. The number of rotatable bonds is 5. The number of carbonyl (C=O) groups excluding carboxylic acids is 1. The number of hydrogen-bond acceptors (Lipinski definition) is 4. The zero-order valence-electron chi connectivity index (χ0n) is 15.0. The second-order valence-corrected chi connectivity index (χ2v) is 6.72. The first-order chi connectivity index (χ1) is 11.5. The van der Waals surface area contributed by atoms with E-state index < -0.39 is 0 Å². The molecule has 5 nitrogen and oxygen atoms in total. The Morgan fingerprint density at radius 1 is 1.44 bits per heavy atom. The Labute approximate surface area is 154 Å². The zero-order chi connectivity index (χ0) is 17.3. The second kappa shape index (κ2) is 8.11. The number of hydrogen-bond donors (Lipinski definition) is 2. The number of fused-ring (bicyclic) bond motifs is 1. The Balaban J connectivity index is 0.00000225. The van der Waals surface area contributed by atoms with Crippen LogP contribution in [-0.4, -0.2) is 19.6 Å². The van der Waals surface area contributed by atoms with Gasteiger partial charge in [-0.3, -0.25) is 4.79 Å². The molecule has 0 bridgehead atoms. The zero-order valence-corrected chi connectivity index (χ0v) is 15.8. The van der Waals surface area contributed by atoms with Crippen molar-refractivity contribution in [2.24, 2.45) is 17.6 Å². The van der Waals surface area contributed by atoms with Gasteiger partial charge in [-0.2, -0.15) is 0 Å². The fraction of sp³-hybridized carbons (Fsp3) is 0.526. The first kappa shape index (κ1) is 19.6. The number of carbonyl (C=O) groups is 1. The first-order valence-electron chi connectivity index (χ1n) is 8.62. The maximum atomic E-state index is 12.6. The molecular weight excluding hydrogens is 340 g/mol. The predicted molar refractivity (Wildman–Crippen MR) is 101 cm³/mol. The van der Waals surface area contributed by atoms with E-state index in [2.05, 4.69) is 5.32 Å². The predicted octanol–water partition coefficient (Wildman–Crippen LogP) is 3.72. The van der Waals surface area contributed by atoms with Crippen LogP contribution in [0.25, 0.3) is 11.0 Å². The normalized spacial score (nSPS) is 21.0. The first-order valence-corrected chi connectivity index (χ1v) is 8.62. The quantitative estimate of drug-likeness (QED) is 0.845. The molecule has 3 rings (SSSR count). The Morgan fingerprint density at radius 3 is 2.88 bits per heavy atom. The van der Waals surface area contributed by atoms with E-state index in [4.69, 9.17) is 14.9 Å². The number of benzene rings is 1. The maximum Gasteiger partial charge on any atom is 0.224 e. The molecule has 2 aromatic rings. The Kier molecular flexibility index (Phi) is 6.36. The topological polar surface area (TPSA) is 77.5 Å². The summed E-state index contributed by atoms with van der Waals surface area (Å²) in [7, 11) is 1.65. The molecule has 138 valence electrons. The Hall–Kier alpha value is -1.72. The number of nitrogens with two attached hydrogens (primary N) is 1. The third-order valence-corrected chi connectivity index (χ3v) is 5.23. The number of ether oxygens (including phenoxy) is 1. The standard InChI is InChI=1S/C19H26N2O3.ClH/c1-11-16-9-14(23-3)7-8-17(16)24-18(11)12(2)21-19(22)15-6-4-5-13(15)10-20;/h7-9,12-13,15H,4-6,10,20H2,1-3H3,(H,21,22);1H/t12?,13-,15-;/m1./s1. The molecular formula is C19H27ClN2O3. The average Bonchev–Trinajstić information content (AvgIpc) is 3.19. The molecule has 0 radical (unpaired) electrons. The summed E-state index contributed by atoms with van der Waals surface area (Å²) in [6.45, 7) is 4.56. The van der Waals surface area contributed by atoms with Crippen LogP contribution in [-0.2, 0) is 4.79 Å². The molecule has 0 saturated heterocycles. The number of nitrogens with one attached hydrogen (secondary N) is 1. The number of amides is 1. The van der Waals surface area contributed by atoms with Gasteiger partial charge in [0.25, 0.3) is 0 Å². The van der Waals surface area contributed by atoms with E-state index in [0.717, 1.165) is 47.3 Å². The Bertz CT molecular complexity index is 744. The average molecular weight is 367 g/mol. The molecule has 1 aromatic heterocycles. The van der Waals surface area contributed by atoms with Gasteiger partial charge in [-0.25, -0.2) is 0 Å². The van der Waals surface area contributed by atoms with Crippen LogP contribution in [0.5, 0.6) is 5.75 Å². The van der Waals surface area contributed by atoms with E-state index in [9.17, 15) is 4.79 Å². The smallest absolute Gasteiger partial charge is 0.224 e. The largest absolute Gasteiger partial charge is 0.497 e. The van der Waals surface area contributed by atoms with E-state index >= 15 is 0 Å². The molecule has 1 unspecified atom stereocenters. The van der Waals surface area contributed by atoms with Crippen molar-refractivity contribution in [2.75, 3.05) is 13.7 Å². The van der Waals surface area contributed by atoms with Gasteiger partial charge in [0, 0.05) is 16.9 Å². The highest BCUT2D eigenvalue weighted by atomic mass is 35.5. The SMILES string of the molecule is COc1ccc2oc(C(C)NC(=O)[C@@H]3CCC[C@@H]3CN)c(C)c2c1.Cl. The van der Waals surface area contributed by atoms with E-state index in [-0.39, 0.29) is 30.3 Å². The lowest BCUT2D eigenvalue weighted by atomic mass is 9.95. The summed E-state index contributed by atoms with van der Waals surface area (Å²) in [4.78, 5) is 12.6. The summed E-state index contributed by atoms with van der Waals surface area (Å²) in [5.74, 6) is 2.02. The van der Waals surface area contributed by atoms with Gasteiger partial charge in [0.1, 0.15) is 17.1 Å². The third-order valence-electron chi connectivity index (χ3n) is 5.23. The van der Waals surface area contributed by atoms with Crippen LogP contribution in [0, 0.1) is 18.8 Å². The van der Waals surface area contributed by atoms with Gasteiger partial charge in [-0.05, 0) is 57.4 Å². The number of halogens is 1. The summed E-state index contributed by atoms with van der Waals surface area (Å²) in [5, 5.41) is 4.13. The van der Waals surface area contributed by atoms with E-state index in [1.54, 1.807) is 7.11 Å². The van der Waals surface area contributed by atoms with Crippen LogP contribution in [0.15, 0.2) is 22.6 Å². The van der Waals surface area contributed by atoms with Crippen molar-refractivity contribution < 1.29 is 13.9 Å². The summed E-state index contributed by atoms with van der Waals surface area (Å²) in [6, 6.07) is 5.58. The van der Waals surface area contributed by atoms with Crippen LogP contribution in [0.3, 0.4) is 0 Å². The van der Waals surface area contributed by atoms with Crippen molar-refractivity contribution in [3.8, 4) is 5.75 Å². The van der Waals surface area contributed by atoms with Gasteiger partial charge in [0.05, 0.1) is 13.2 Å². The maximum absolute atomic E-state index is 12.6. The molecule has 1 saturated carbocycles. The van der Waals surface area contributed by atoms with Gasteiger partial charge >= 0.3 is 0 Å². The van der Waals surface area contributed by atoms with Gasteiger partial charge < -0.3 is 20.2 Å². The lowest BCUT2D eigenvalue weighted by Crippen LogP contribution is -2.36. The lowest BCUT2D eigenvalue weighted by molar-refractivity contribution is -0.126. The number of furan rings is 1. The molecule has 1 aliphatic rings. The second-order valence-electron chi connectivity index (χ2n) is 6.72. The minimum absolute atomic E-state index is 0. The third kappa shape index (κ3) is 3.77. The van der Waals surface area contributed by atoms with E-state index in [1.807, 2.05) is 32.0 Å². The number of aryl methyl sites for hydroxylation is 1. The van der Waals surface area contributed by atoms with Crippen molar-refractivity contribution in [1.82, 2.24) is 5.32 Å². The molecule has 1 aromatic carbocycles. The minimum atomic E-state index is -0.171. The van der Waals surface area contributed by atoms with Crippen LogP contribution >= 0.6 is 12.4 Å². The highest BCUT2D eigenvalue weighted by Crippen LogP contribution is 2.34. The van der Waals surface area contributed by atoms with Crippen molar-refractivity contribution in [3.05, 3.63) is 29.5 Å². The van der Waals surface area contributed by atoms with Crippen molar-refractivity contribution in [3.63, 3.8) is 0 Å². The molecule has 1 heterocycles. The molecule has 25 heavy (non-hydrogen) atoms. The van der Waals surface area contributed by atoms with Gasteiger partial charge in [-0.15, -0.1) is 12.4 Å². The highest BCUT2D eigenvalue weighted by molar-refractivity contribution is 5.85. The molecule has 3 atom stereocenters. The summed E-state index contributed by atoms with van der Waals surface area (Å²) < 4.78 is 11.3. The summed E-state index contributed by atoms with van der Waals surface area (Å²) >= 11 is 0. The van der Waals surface area contributed by atoms with Crippen LogP contribution in [0.2, 0.25) is 0 Å². The lowest BCUT2D eigenvalue weighted by Gasteiger charge is -2.20. The van der Waals surface area contributed by atoms with E-state index in [0.29, 0.717) is 12.5 Å². The fourth-order valence-electron chi connectivity index (χ4n) is 3.81. The van der Waals surface area contributed by atoms with Gasteiger partial charge in [0.2, 0.25) is 5.91 Å². The molecule has 3 N–H and O–H groups in total. The minimum Gasteiger partial charge on any atom is -0.497 e. The summed E-state index contributed by atoms with van der Waals surface area (Å²) in [6.07, 6.45) is 3.06. The van der Waals surface area contributed by atoms with Crippen molar-refractivity contribution in [2.45, 2.75) is 39.2 Å². The molecule has 6 heteroatoms. The Morgan fingerprint density at radius 2 is 2.20 bits per heavy atom. The highest BCUT2D eigenvalue weighted by Gasteiger charge is 2.33. The van der Waals surface area contributed by atoms with E-state index in [1.165, 1.54) is 0 Å². The van der Waals surface area contributed by atoms with Gasteiger partial charge in [0.15, 0.2) is 0 Å². The van der Waals surface area contributed by atoms with Crippen molar-refractivity contribution in [1.29, 1.82) is 0 Å². The molecule has 1 fully saturated rings. The van der Waals surface area contributed by atoms with Crippen molar-refractivity contribution >= 4 is 29.3 Å². The fourth-order valence-corrected chi connectivity index (χ4v) is 3.81. The van der Waals surface area contributed by atoms with Crippen LogP contribution < -0.4 is 15.8 Å². The monoisotopic (exact) mass is 366 g/mol. The molecule has 0 spiro atoms. The molecule has 1 amide bonds. The van der Waals surface area contributed by atoms with Crippen LogP contribution in [0.4, 0.5) is 0 Å². The van der Waals surface area contributed by atoms with Crippen LogP contribution in [0.1, 0.15) is 43.6 Å². The molecule has 0 aliphatic heterocycles. The number of methoxy groups -OCH3 is 1.